The van der Waals surface area contributed by atoms with Crippen LogP contribution in [0.1, 0.15) is 40.5 Å². The van der Waals surface area contributed by atoms with Gasteiger partial charge < -0.3 is 9.64 Å². The number of hydrogen-bond acceptors (Lipinski definition) is 3. The van der Waals surface area contributed by atoms with Crippen LogP contribution in [0.3, 0.4) is 0 Å². The predicted molar refractivity (Wildman–Crippen MR) is 69.2 cm³/mol. The molecule has 0 spiro atoms. The lowest BCUT2D eigenvalue weighted by molar-refractivity contribution is 0.0454. The maximum absolute atomic E-state index is 11.7. The Kier molecular flexibility index (Phi) is 5.25. The van der Waals surface area contributed by atoms with E-state index in [-0.39, 0.29) is 11.6 Å². The molecule has 0 radical (unpaired) electrons. The molecule has 1 fully saturated rings. The summed E-state index contributed by atoms with van der Waals surface area (Å²) >= 11 is 0. The summed E-state index contributed by atoms with van der Waals surface area (Å²) in [7, 11) is 0. The highest BCUT2D eigenvalue weighted by atomic mass is 16.6. The minimum Gasteiger partial charge on any atom is -0.449 e. The molecule has 1 heterocycles. The molecule has 100 valence electrons. The average molecular weight is 242 g/mol. The molecule has 0 aromatic heterocycles. The van der Waals surface area contributed by atoms with Crippen LogP contribution in [-0.4, -0.2) is 54.2 Å². The van der Waals surface area contributed by atoms with Crippen LogP contribution in [0.2, 0.25) is 0 Å². The molecular weight excluding hydrogens is 216 g/mol. The lowest BCUT2D eigenvalue weighted by Gasteiger charge is -2.41. The van der Waals surface area contributed by atoms with E-state index in [1.54, 1.807) is 0 Å². The molecule has 0 bridgehead atoms. The normalized spacial score (nSPS) is 18.2. The van der Waals surface area contributed by atoms with E-state index in [1.165, 1.54) is 0 Å². The summed E-state index contributed by atoms with van der Waals surface area (Å²) in [6.07, 6.45) is 1.87. The average Bonchev–Trinajstić information content (AvgIpc) is 2.28. The Labute approximate surface area is 105 Å². The van der Waals surface area contributed by atoms with Crippen molar-refractivity contribution in [2.75, 3.05) is 32.8 Å². The largest absolute Gasteiger partial charge is 0.449 e. The van der Waals surface area contributed by atoms with Crippen molar-refractivity contribution in [3.63, 3.8) is 0 Å². The number of unbranched alkanes of at least 4 members (excludes halogenated alkanes) is 1. The van der Waals surface area contributed by atoms with Crippen LogP contribution in [0.4, 0.5) is 4.79 Å². The summed E-state index contributed by atoms with van der Waals surface area (Å²) in [5.74, 6) is 0. The molecule has 1 saturated heterocycles. The maximum Gasteiger partial charge on any atom is 0.409 e. The van der Waals surface area contributed by atoms with E-state index in [2.05, 4.69) is 32.6 Å². The first-order chi connectivity index (χ1) is 7.95. The van der Waals surface area contributed by atoms with Crippen LogP contribution in [0.25, 0.3) is 0 Å². The van der Waals surface area contributed by atoms with Gasteiger partial charge in [0, 0.05) is 31.7 Å². The Morgan fingerprint density at radius 2 is 1.76 bits per heavy atom. The van der Waals surface area contributed by atoms with E-state index in [1.807, 2.05) is 4.90 Å². The molecule has 0 aromatic rings. The number of amides is 1. The number of piperazine rings is 1. The number of rotatable bonds is 3. The highest BCUT2D eigenvalue weighted by molar-refractivity contribution is 5.67. The lowest BCUT2D eigenvalue weighted by atomic mass is 10.1. The SMILES string of the molecule is CCCCOC(=O)N1CCN(C(C)(C)C)CC1. The minimum absolute atomic E-state index is 0.146. The highest BCUT2D eigenvalue weighted by Gasteiger charge is 2.28. The number of hydrogen-bond donors (Lipinski definition) is 0. The fourth-order valence-corrected chi connectivity index (χ4v) is 1.95. The fourth-order valence-electron chi connectivity index (χ4n) is 1.95. The number of carbonyl (C=O) groups excluding carboxylic acids is 1. The highest BCUT2D eigenvalue weighted by Crippen LogP contribution is 2.16. The Balaban J connectivity index is 2.29. The lowest BCUT2D eigenvalue weighted by Crippen LogP contribution is -2.54. The van der Waals surface area contributed by atoms with Gasteiger partial charge in [-0.3, -0.25) is 4.90 Å². The molecule has 0 N–H and O–H groups in total. The van der Waals surface area contributed by atoms with E-state index < -0.39 is 0 Å². The molecule has 1 aliphatic rings. The monoisotopic (exact) mass is 242 g/mol. The van der Waals surface area contributed by atoms with Crippen molar-refractivity contribution in [3.05, 3.63) is 0 Å². The third-order valence-corrected chi connectivity index (χ3v) is 3.21. The third-order valence-electron chi connectivity index (χ3n) is 3.21. The summed E-state index contributed by atoms with van der Waals surface area (Å²) in [5.41, 5.74) is 0.193. The van der Waals surface area contributed by atoms with Gasteiger partial charge in [-0.25, -0.2) is 4.79 Å². The first-order valence-electron chi connectivity index (χ1n) is 6.62. The molecular formula is C13H26N2O2. The second-order valence-corrected chi connectivity index (χ2v) is 5.61. The summed E-state index contributed by atoms with van der Waals surface area (Å²) in [4.78, 5) is 15.9. The second kappa shape index (κ2) is 6.24. The molecule has 0 aliphatic carbocycles. The molecule has 4 heteroatoms. The van der Waals surface area contributed by atoms with E-state index in [0.717, 1.165) is 39.0 Å². The Hall–Kier alpha value is -0.770. The maximum atomic E-state index is 11.7. The molecule has 1 amide bonds. The third kappa shape index (κ3) is 4.54. The standard InChI is InChI=1S/C13H26N2O2/c1-5-6-11-17-12(16)14-7-9-15(10-8-14)13(2,3)4/h5-11H2,1-4H3. The van der Waals surface area contributed by atoms with Gasteiger partial charge in [0.25, 0.3) is 0 Å². The van der Waals surface area contributed by atoms with Gasteiger partial charge in [-0.05, 0) is 27.2 Å². The van der Waals surface area contributed by atoms with Crippen LogP contribution in [0, 0.1) is 0 Å². The molecule has 0 atom stereocenters. The molecule has 0 aromatic carbocycles. The zero-order valence-corrected chi connectivity index (χ0v) is 11.7. The smallest absolute Gasteiger partial charge is 0.409 e. The van der Waals surface area contributed by atoms with Gasteiger partial charge in [0.05, 0.1) is 6.61 Å². The molecule has 0 saturated carbocycles. The van der Waals surface area contributed by atoms with E-state index in [0.29, 0.717) is 6.61 Å². The molecule has 0 unspecified atom stereocenters. The quantitative estimate of drug-likeness (QED) is 0.712. The second-order valence-electron chi connectivity index (χ2n) is 5.61. The Bertz CT molecular complexity index is 240. The van der Waals surface area contributed by atoms with Crippen molar-refractivity contribution >= 4 is 6.09 Å². The van der Waals surface area contributed by atoms with Crippen molar-refractivity contribution < 1.29 is 9.53 Å². The van der Waals surface area contributed by atoms with Gasteiger partial charge in [0.15, 0.2) is 0 Å². The fraction of sp³-hybridized carbons (Fsp3) is 0.923. The molecule has 1 aliphatic heterocycles. The molecule has 1 rings (SSSR count). The van der Waals surface area contributed by atoms with Gasteiger partial charge >= 0.3 is 6.09 Å². The van der Waals surface area contributed by atoms with Crippen molar-refractivity contribution in [3.8, 4) is 0 Å². The van der Waals surface area contributed by atoms with Crippen LogP contribution >= 0.6 is 0 Å². The van der Waals surface area contributed by atoms with Gasteiger partial charge in [-0.15, -0.1) is 0 Å². The van der Waals surface area contributed by atoms with Crippen LogP contribution < -0.4 is 0 Å². The first kappa shape index (κ1) is 14.3. The van der Waals surface area contributed by atoms with Gasteiger partial charge in [0.2, 0.25) is 0 Å². The van der Waals surface area contributed by atoms with Crippen molar-refractivity contribution in [2.45, 2.75) is 46.1 Å². The van der Waals surface area contributed by atoms with Crippen LogP contribution in [0.5, 0.6) is 0 Å². The van der Waals surface area contributed by atoms with Crippen molar-refractivity contribution in [1.29, 1.82) is 0 Å². The van der Waals surface area contributed by atoms with Crippen molar-refractivity contribution in [2.24, 2.45) is 0 Å². The topological polar surface area (TPSA) is 32.8 Å². The van der Waals surface area contributed by atoms with E-state index in [4.69, 9.17) is 4.74 Å². The molecule has 17 heavy (non-hydrogen) atoms. The Morgan fingerprint density at radius 3 is 2.24 bits per heavy atom. The summed E-state index contributed by atoms with van der Waals surface area (Å²) in [6, 6.07) is 0. The van der Waals surface area contributed by atoms with Crippen LogP contribution in [0.15, 0.2) is 0 Å². The number of nitrogens with zero attached hydrogens (tertiary/aromatic N) is 2. The Morgan fingerprint density at radius 1 is 1.18 bits per heavy atom. The summed E-state index contributed by atoms with van der Waals surface area (Å²) in [5, 5.41) is 0. The van der Waals surface area contributed by atoms with E-state index in [9.17, 15) is 4.79 Å². The minimum atomic E-state index is -0.146. The van der Waals surface area contributed by atoms with Gasteiger partial charge in [-0.2, -0.15) is 0 Å². The van der Waals surface area contributed by atoms with Crippen molar-refractivity contribution in [1.82, 2.24) is 9.80 Å². The number of ether oxygens (including phenoxy) is 1. The van der Waals surface area contributed by atoms with Crippen LogP contribution in [-0.2, 0) is 4.74 Å². The van der Waals surface area contributed by atoms with Gasteiger partial charge in [0.1, 0.15) is 0 Å². The van der Waals surface area contributed by atoms with Gasteiger partial charge in [-0.1, -0.05) is 13.3 Å². The first-order valence-corrected chi connectivity index (χ1v) is 6.62. The predicted octanol–water partition coefficient (Wildman–Crippen LogP) is 2.34. The summed E-state index contributed by atoms with van der Waals surface area (Å²) < 4.78 is 5.21. The zero-order valence-electron chi connectivity index (χ0n) is 11.7. The van der Waals surface area contributed by atoms with E-state index >= 15 is 0 Å². The summed E-state index contributed by atoms with van der Waals surface area (Å²) in [6.45, 7) is 12.7. The zero-order chi connectivity index (χ0) is 12.9. The molecule has 4 nitrogen and oxygen atoms in total. The number of carbonyl (C=O) groups is 1.